The van der Waals surface area contributed by atoms with Crippen molar-refractivity contribution in [3.63, 3.8) is 0 Å². The van der Waals surface area contributed by atoms with Gasteiger partial charge < -0.3 is 4.74 Å². The van der Waals surface area contributed by atoms with Crippen LogP contribution in [-0.2, 0) is 4.74 Å². The van der Waals surface area contributed by atoms with Crippen LogP contribution in [0.2, 0.25) is 0 Å². The summed E-state index contributed by atoms with van der Waals surface area (Å²) in [5, 5.41) is 0. The molecule has 1 aliphatic heterocycles. The normalized spacial score (nSPS) is 28.5. The van der Waals surface area contributed by atoms with Gasteiger partial charge in [0.15, 0.2) is 0 Å². The van der Waals surface area contributed by atoms with Crippen molar-refractivity contribution < 1.29 is 4.74 Å². The maximum absolute atomic E-state index is 6.17. The molecule has 1 fully saturated rings. The zero-order valence-corrected chi connectivity index (χ0v) is 13.9. The largest absolute Gasteiger partial charge is 0.375 e. The molecule has 1 saturated heterocycles. The first-order chi connectivity index (χ1) is 7.85. The Morgan fingerprint density at radius 1 is 0.833 bits per heavy atom. The van der Waals surface area contributed by atoms with Gasteiger partial charge in [0, 0.05) is 18.1 Å². The van der Waals surface area contributed by atoms with Crippen molar-refractivity contribution in [2.24, 2.45) is 10.8 Å². The molecule has 0 aromatic rings. The summed E-state index contributed by atoms with van der Waals surface area (Å²) in [6.07, 6.45) is 0.297. The second-order valence-electron chi connectivity index (χ2n) is 8.83. The van der Waals surface area contributed by atoms with Crippen LogP contribution in [0.15, 0.2) is 0 Å². The van der Waals surface area contributed by atoms with Crippen molar-refractivity contribution in [3.05, 3.63) is 0 Å². The molecule has 2 unspecified atom stereocenters. The van der Waals surface area contributed by atoms with Gasteiger partial charge >= 0.3 is 0 Å². The van der Waals surface area contributed by atoms with Gasteiger partial charge in [0.1, 0.15) is 0 Å². The summed E-state index contributed by atoms with van der Waals surface area (Å²) >= 11 is 0. The lowest BCUT2D eigenvalue weighted by Gasteiger charge is -2.56. The van der Waals surface area contributed by atoms with Crippen LogP contribution in [0.5, 0.6) is 0 Å². The molecule has 0 aromatic heterocycles. The summed E-state index contributed by atoms with van der Waals surface area (Å²) in [5.41, 5.74) is 0.610. The van der Waals surface area contributed by atoms with Gasteiger partial charge in [-0.25, -0.2) is 0 Å². The lowest BCUT2D eigenvalue weighted by Crippen LogP contribution is -2.65. The predicted molar refractivity (Wildman–Crippen MR) is 78.9 cm³/mol. The Labute approximate surface area is 114 Å². The van der Waals surface area contributed by atoms with E-state index >= 15 is 0 Å². The highest BCUT2D eigenvalue weighted by Crippen LogP contribution is 2.41. The number of ether oxygens (including phenoxy) is 1. The highest BCUT2D eigenvalue weighted by molar-refractivity contribution is 5.00. The van der Waals surface area contributed by atoms with Crippen LogP contribution in [0.25, 0.3) is 0 Å². The third-order valence-electron chi connectivity index (χ3n) is 3.85. The lowest BCUT2D eigenvalue weighted by molar-refractivity contribution is -0.167. The van der Waals surface area contributed by atoms with Crippen molar-refractivity contribution in [2.75, 3.05) is 13.2 Å². The fourth-order valence-corrected chi connectivity index (χ4v) is 3.07. The van der Waals surface area contributed by atoms with Crippen molar-refractivity contribution in [2.45, 2.75) is 80.0 Å². The van der Waals surface area contributed by atoms with Gasteiger partial charge in [-0.2, -0.15) is 0 Å². The Kier molecular flexibility index (Phi) is 4.25. The van der Waals surface area contributed by atoms with Crippen molar-refractivity contribution in [1.29, 1.82) is 0 Å². The Hall–Kier alpha value is -0.0800. The molecular formula is C16H33NO. The maximum atomic E-state index is 6.17. The van der Waals surface area contributed by atoms with Crippen LogP contribution in [0, 0.1) is 10.8 Å². The average molecular weight is 255 g/mol. The summed E-state index contributed by atoms with van der Waals surface area (Å²) in [6, 6.07) is 0.464. The molecule has 0 amide bonds. The maximum Gasteiger partial charge on any atom is 0.0784 e. The SMILES string of the molecule is CC(C)(C)C1OCCN(C(C)(C)C)C1C(C)(C)C. The zero-order valence-electron chi connectivity index (χ0n) is 13.9. The van der Waals surface area contributed by atoms with E-state index in [4.69, 9.17) is 4.74 Å². The van der Waals surface area contributed by atoms with E-state index in [-0.39, 0.29) is 16.4 Å². The van der Waals surface area contributed by atoms with E-state index in [1.54, 1.807) is 0 Å². The van der Waals surface area contributed by atoms with Gasteiger partial charge in [-0.15, -0.1) is 0 Å². The quantitative estimate of drug-likeness (QED) is 0.650. The molecule has 1 heterocycles. The Bertz CT molecular complexity index is 255. The Balaban J connectivity index is 3.14. The highest BCUT2D eigenvalue weighted by Gasteiger charge is 2.47. The van der Waals surface area contributed by atoms with Crippen LogP contribution < -0.4 is 0 Å². The number of hydrogen-bond donors (Lipinski definition) is 0. The number of nitrogens with zero attached hydrogens (tertiary/aromatic N) is 1. The molecular weight excluding hydrogens is 222 g/mol. The second kappa shape index (κ2) is 4.79. The number of morpholine rings is 1. The molecule has 2 heteroatoms. The van der Waals surface area contributed by atoms with Crippen LogP contribution in [-0.4, -0.2) is 35.7 Å². The third-order valence-corrected chi connectivity index (χ3v) is 3.85. The van der Waals surface area contributed by atoms with Crippen LogP contribution >= 0.6 is 0 Å². The van der Waals surface area contributed by atoms with Crippen molar-refractivity contribution in [3.8, 4) is 0 Å². The fraction of sp³-hybridized carbons (Fsp3) is 1.00. The number of rotatable bonds is 0. The topological polar surface area (TPSA) is 12.5 Å². The van der Waals surface area contributed by atoms with E-state index in [1.165, 1.54) is 0 Å². The number of hydrogen-bond acceptors (Lipinski definition) is 2. The third kappa shape index (κ3) is 3.48. The molecule has 108 valence electrons. The van der Waals surface area contributed by atoms with E-state index in [0.717, 1.165) is 13.2 Å². The monoisotopic (exact) mass is 255 g/mol. The van der Waals surface area contributed by atoms with Crippen molar-refractivity contribution in [1.82, 2.24) is 4.90 Å². The van der Waals surface area contributed by atoms with Gasteiger partial charge in [-0.05, 0) is 31.6 Å². The molecule has 1 aliphatic rings. The Morgan fingerprint density at radius 3 is 1.67 bits per heavy atom. The standard InChI is InChI=1S/C16H33NO/c1-14(2,3)12-13(15(4,5)6)18-11-10-17(12)16(7,8)9/h12-13H,10-11H2,1-9H3. The van der Waals surface area contributed by atoms with Gasteiger partial charge in [0.2, 0.25) is 0 Å². The van der Waals surface area contributed by atoms with Gasteiger partial charge in [0.05, 0.1) is 12.7 Å². The first kappa shape index (κ1) is 16.0. The van der Waals surface area contributed by atoms with E-state index < -0.39 is 0 Å². The minimum atomic E-state index is 0.182. The van der Waals surface area contributed by atoms with E-state index in [1.807, 2.05) is 0 Å². The summed E-state index contributed by atoms with van der Waals surface area (Å²) in [7, 11) is 0. The fourth-order valence-electron chi connectivity index (χ4n) is 3.07. The molecule has 2 atom stereocenters. The minimum absolute atomic E-state index is 0.182. The molecule has 0 bridgehead atoms. The molecule has 0 spiro atoms. The minimum Gasteiger partial charge on any atom is -0.375 e. The highest BCUT2D eigenvalue weighted by atomic mass is 16.5. The van der Waals surface area contributed by atoms with Crippen LogP contribution in [0.4, 0.5) is 0 Å². The van der Waals surface area contributed by atoms with Gasteiger partial charge in [-0.3, -0.25) is 4.90 Å². The summed E-state index contributed by atoms with van der Waals surface area (Å²) in [5.74, 6) is 0. The molecule has 0 N–H and O–H groups in total. The summed E-state index contributed by atoms with van der Waals surface area (Å²) < 4.78 is 6.17. The summed E-state index contributed by atoms with van der Waals surface area (Å²) in [6.45, 7) is 22.7. The molecule has 0 aromatic carbocycles. The van der Waals surface area contributed by atoms with Gasteiger partial charge in [0.25, 0.3) is 0 Å². The van der Waals surface area contributed by atoms with E-state index in [0.29, 0.717) is 12.1 Å². The summed E-state index contributed by atoms with van der Waals surface area (Å²) in [4.78, 5) is 2.65. The van der Waals surface area contributed by atoms with Crippen molar-refractivity contribution >= 4 is 0 Å². The lowest BCUT2D eigenvalue weighted by atomic mass is 9.71. The zero-order chi connectivity index (χ0) is 14.4. The average Bonchev–Trinajstić information content (AvgIpc) is 2.12. The molecule has 0 aliphatic carbocycles. The van der Waals surface area contributed by atoms with Crippen LogP contribution in [0.1, 0.15) is 62.3 Å². The van der Waals surface area contributed by atoms with E-state index in [2.05, 4.69) is 67.2 Å². The molecule has 2 nitrogen and oxygen atoms in total. The Morgan fingerprint density at radius 2 is 1.33 bits per heavy atom. The molecule has 0 saturated carbocycles. The van der Waals surface area contributed by atoms with E-state index in [9.17, 15) is 0 Å². The molecule has 1 rings (SSSR count). The first-order valence-electron chi connectivity index (χ1n) is 7.23. The predicted octanol–water partition coefficient (Wildman–Crippen LogP) is 3.95. The smallest absolute Gasteiger partial charge is 0.0784 e. The molecule has 18 heavy (non-hydrogen) atoms. The second-order valence-corrected chi connectivity index (χ2v) is 8.83. The van der Waals surface area contributed by atoms with Crippen LogP contribution in [0.3, 0.4) is 0 Å². The first-order valence-corrected chi connectivity index (χ1v) is 7.23. The van der Waals surface area contributed by atoms with Gasteiger partial charge in [-0.1, -0.05) is 41.5 Å². The molecule has 0 radical (unpaired) electrons.